The molecule has 1 fully saturated rings. The highest BCUT2D eigenvalue weighted by atomic mass is 35.5. The monoisotopic (exact) mass is 406 g/mol. The summed E-state index contributed by atoms with van der Waals surface area (Å²) in [5.41, 5.74) is 1.51. The molecule has 0 unspecified atom stereocenters. The molecule has 140 valence electrons. The Hall–Kier alpha value is -2.51. The van der Waals surface area contributed by atoms with Gasteiger partial charge in [0.2, 0.25) is 0 Å². The lowest BCUT2D eigenvalue weighted by Crippen LogP contribution is -2.50. The van der Waals surface area contributed by atoms with Crippen molar-refractivity contribution in [3.05, 3.63) is 57.9 Å². The number of amides is 2. The van der Waals surface area contributed by atoms with Gasteiger partial charge in [-0.2, -0.15) is 0 Å². The zero-order valence-electron chi connectivity index (χ0n) is 14.5. The first-order valence-electron chi connectivity index (χ1n) is 8.41. The Bertz CT molecular complexity index is 1020. The van der Waals surface area contributed by atoms with E-state index in [1.165, 1.54) is 6.26 Å². The standard InChI is InChI=1S/C18H16Cl2N4O3/c1-11-15(24-10-12(19)9-13(20)16(24)21-11)18(26)23-6-4-22(5-7-23)17(25)14-3-2-8-27-14/h2-3,8-10H,4-7H2,1H3. The number of carbonyl (C=O) groups excluding carboxylic acids is 2. The van der Waals surface area contributed by atoms with Crippen LogP contribution in [0.15, 0.2) is 35.1 Å². The van der Waals surface area contributed by atoms with Crippen LogP contribution in [0.1, 0.15) is 26.7 Å². The van der Waals surface area contributed by atoms with Crippen molar-refractivity contribution in [3.8, 4) is 0 Å². The van der Waals surface area contributed by atoms with E-state index in [1.54, 1.807) is 45.5 Å². The predicted octanol–water partition coefficient (Wildman–Crippen LogP) is 3.14. The van der Waals surface area contributed by atoms with Crippen LogP contribution in [0.5, 0.6) is 0 Å². The van der Waals surface area contributed by atoms with Crippen molar-refractivity contribution in [2.75, 3.05) is 26.2 Å². The van der Waals surface area contributed by atoms with E-state index in [0.717, 1.165) is 0 Å². The van der Waals surface area contributed by atoms with Crippen LogP contribution in [-0.4, -0.2) is 57.2 Å². The minimum atomic E-state index is -0.170. The number of pyridine rings is 1. The molecule has 1 aliphatic rings. The van der Waals surface area contributed by atoms with Gasteiger partial charge in [-0.1, -0.05) is 23.2 Å². The normalized spacial score (nSPS) is 14.8. The first kappa shape index (κ1) is 17.9. The highest BCUT2D eigenvalue weighted by molar-refractivity contribution is 6.36. The van der Waals surface area contributed by atoms with Crippen LogP contribution in [-0.2, 0) is 0 Å². The van der Waals surface area contributed by atoms with E-state index in [1.807, 2.05) is 0 Å². The number of halogens is 2. The van der Waals surface area contributed by atoms with Crippen molar-refractivity contribution in [2.45, 2.75) is 6.92 Å². The van der Waals surface area contributed by atoms with Gasteiger partial charge >= 0.3 is 0 Å². The Morgan fingerprint density at radius 3 is 2.41 bits per heavy atom. The Morgan fingerprint density at radius 1 is 1.11 bits per heavy atom. The molecule has 0 bridgehead atoms. The molecule has 4 rings (SSSR count). The number of hydrogen-bond acceptors (Lipinski definition) is 4. The van der Waals surface area contributed by atoms with Gasteiger partial charge in [0.25, 0.3) is 11.8 Å². The fraction of sp³-hybridized carbons (Fsp3) is 0.278. The minimum absolute atomic E-state index is 0.163. The lowest BCUT2D eigenvalue weighted by molar-refractivity contribution is 0.0514. The van der Waals surface area contributed by atoms with Crippen molar-refractivity contribution >= 4 is 40.7 Å². The van der Waals surface area contributed by atoms with Gasteiger partial charge in [-0.25, -0.2) is 4.98 Å². The molecular formula is C18H16Cl2N4O3. The fourth-order valence-electron chi connectivity index (χ4n) is 3.26. The van der Waals surface area contributed by atoms with Crippen molar-refractivity contribution in [3.63, 3.8) is 0 Å². The summed E-state index contributed by atoms with van der Waals surface area (Å²) in [5, 5.41) is 0.811. The van der Waals surface area contributed by atoms with E-state index in [9.17, 15) is 9.59 Å². The van der Waals surface area contributed by atoms with Crippen molar-refractivity contribution < 1.29 is 14.0 Å². The van der Waals surface area contributed by atoms with E-state index >= 15 is 0 Å². The fourth-order valence-corrected chi connectivity index (χ4v) is 3.78. The number of piperazine rings is 1. The number of carbonyl (C=O) groups is 2. The van der Waals surface area contributed by atoms with Crippen molar-refractivity contribution in [1.82, 2.24) is 19.2 Å². The molecule has 0 aromatic carbocycles. The molecule has 3 aromatic rings. The van der Waals surface area contributed by atoms with Gasteiger partial charge in [-0.15, -0.1) is 0 Å². The molecule has 1 saturated heterocycles. The summed E-state index contributed by atoms with van der Waals surface area (Å²) in [6.45, 7) is 3.48. The van der Waals surface area contributed by atoms with Gasteiger partial charge < -0.3 is 14.2 Å². The number of hydrogen-bond donors (Lipinski definition) is 0. The second-order valence-electron chi connectivity index (χ2n) is 6.31. The number of nitrogens with zero attached hydrogens (tertiary/aromatic N) is 4. The second kappa shape index (κ2) is 6.90. The summed E-state index contributed by atoms with van der Waals surface area (Å²) in [7, 11) is 0. The summed E-state index contributed by atoms with van der Waals surface area (Å²) in [6, 6.07) is 4.91. The molecule has 0 radical (unpaired) electrons. The van der Waals surface area contributed by atoms with E-state index in [-0.39, 0.29) is 11.8 Å². The lowest BCUT2D eigenvalue weighted by atomic mass is 10.2. The van der Waals surface area contributed by atoms with Crippen LogP contribution in [0.2, 0.25) is 10.0 Å². The Balaban J connectivity index is 1.54. The van der Waals surface area contributed by atoms with Gasteiger partial charge in [-0.3, -0.25) is 14.0 Å². The van der Waals surface area contributed by atoms with Gasteiger partial charge in [0, 0.05) is 32.4 Å². The zero-order chi connectivity index (χ0) is 19.1. The molecule has 4 heterocycles. The Morgan fingerprint density at radius 2 is 1.78 bits per heavy atom. The molecule has 7 nitrogen and oxygen atoms in total. The summed E-state index contributed by atoms with van der Waals surface area (Å²) < 4.78 is 6.79. The largest absolute Gasteiger partial charge is 0.459 e. The summed E-state index contributed by atoms with van der Waals surface area (Å²) in [5.74, 6) is -0.0308. The molecule has 27 heavy (non-hydrogen) atoms. The van der Waals surface area contributed by atoms with E-state index < -0.39 is 0 Å². The van der Waals surface area contributed by atoms with Gasteiger partial charge in [0.05, 0.1) is 22.0 Å². The molecular weight excluding hydrogens is 391 g/mol. The third-order valence-electron chi connectivity index (χ3n) is 4.60. The molecule has 2 amide bonds. The second-order valence-corrected chi connectivity index (χ2v) is 7.15. The maximum atomic E-state index is 13.1. The molecule has 0 spiro atoms. The molecule has 9 heteroatoms. The predicted molar refractivity (Wildman–Crippen MR) is 100 cm³/mol. The lowest BCUT2D eigenvalue weighted by Gasteiger charge is -2.34. The highest BCUT2D eigenvalue weighted by Gasteiger charge is 2.29. The van der Waals surface area contributed by atoms with Crippen LogP contribution in [0.4, 0.5) is 0 Å². The Kier molecular flexibility index (Phi) is 4.57. The van der Waals surface area contributed by atoms with Crippen LogP contribution in [0.25, 0.3) is 5.65 Å². The van der Waals surface area contributed by atoms with E-state index in [2.05, 4.69) is 4.98 Å². The quantitative estimate of drug-likeness (QED) is 0.655. The molecule has 0 saturated carbocycles. The van der Waals surface area contributed by atoms with Gasteiger partial charge in [-0.05, 0) is 25.1 Å². The number of furan rings is 1. The summed E-state index contributed by atoms with van der Waals surface area (Å²) >= 11 is 12.3. The number of imidazole rings is 1. The van der Waals surface area contributed by atoms with Crippen molar-refractivity contribution in [2.24, 2.45) is 0 Å². The zero-order valence-corrected chi connectivity index (χ0v) is 16.0. The number of rotatable bonds is 2. The summed E-state index contributed by atoms with van der Waals surface area (Å²) in [6.07, 6.45) is 3.10. The summed E-state index contributed by atoms with van der Waals surface area (Å²) in [4.78, 5) is 33.2. The number of aryl methyl sites for hydroxylation is 1. The molecule has 3 aromatic heterocycles. The SMILES string of the molecule is Cc1nc2c(Cl)cc(Cl)cn2c1C(=O)N1CCN(C(=O)c2ccco2)CC1. The topological polar surface area (TPSA) is 71.1 Å². The van der Waals surface area contributed by atoms with Crippen LogP contribution in [0.3, 0.4) is 0 Å². The number of aromatic nitrogens is 2. The van der Waals surface area contributed by atoms with E-state index in [0.29, 0.717) is 59.0 Å². The van der Waals surface area contributed by atoms with Gasteiger partial charge in [0.1, 0.15) is 5.69 Å². The van der Waals surface area contributed by atoms with Crippen LogP contribution < -0.4 is 0 Å². The minimum Gasteiger partial charge on any atom is -0.459 e. The molecule has 0 N–H and O–H groups in total. The molecule has 0 atom stereocenters. The van der Waals surface area contributed by atoms with Crippen LogP contribution >= 0.6 is 23.2 Å². The molecule has 1 aliphatic heterocycles. The highest BCUT2D eigenvalue weighted by Crippen LogP contribution is 2.25. The first-order chi connectivity index (χ1) is 13.0. The third kappa shape index (κ3) is 3.17. The Labute approximate surface area is 165 Å². The average molecular weight is 407 g/mol. The van der Waals surface area contributed by atoms with Gasteiger partial charge in [0.15, 0.2) is 11.4 Å². The maximum Gasteiger partial charge on any atom is 0.289 e. The van der Waals surface area contributed by atoms with Crippen molar-refractivity contribution in [1.29, 1.82) is 0 Å². The molecule has 0 aliphatic carbocycles. The van der Waals surface area contributed by atoms with Crippen LogP contribution in [0, 0.1) is 6.92 Å². The van der Waals surface area contributed by atoms with E-state index in [4.69, 9.17) is 27.6 Å². The average Bonchev–Trinajstić information content (AvgIpc) is 3.29. The first-order valence-corrected chi connectivity index (χ1v) is 9.17. The third-order valence-corrected chi connectivity index (χ3v) is 5.09. The smallest absolute Gasteiger partial charge is 0.289 e. The maximum absolute atomic E-state index is 13.1. The number of fused-ring (bicyclic) bond motifs is 1.